The molecule has 0 saturated carbocycles. The van der Waals surface area contributed by atoms with Gasteiger partial charge in [-0.05, 0) is 42.5 Å². The van der Waals surface area contributed by atoms with Crippen molar-refractivity contribution < 1.29 is 0 Å². The van der Waals surface area contributed by atoms with Crippen molar-refractivity contribution in [3.63, 3.8) is 0 Å². The summed E-state index contributed by atoms with van der Waals surface area (Å²) >= 11 is 0. The van der Waals surface area contributed by atoms with E-state index in [9.17, 15) is 0 Å². The van der Waals surface area contributed by atoms with Gasteiger partial charge in [-0.1, -0.05) is 62.7 Å². The summed E-state index contributed by atoms with van der Waals surface area (Å²) in [4.78, 5) is 0. The molecule has 0 aliphatic carbocycles. The molecule has 1 unspecified atom stereocenters. The van der Waals surface area contributed by atoms with E-state index in [4.69, 9.17) is 0 Å². The molecule has 20 heavy (non-hydrogen) atoms. The van der Waals surface area contributed by atoms with Crippen molar-refractivity contribution in [2.75, 3.05) is 5.32 Å². The van der Waals surface area contributed by atoms with E-state index in [2.05, 4.69) is 73.8 Å². The first-order valence-electron chi connectivity index (χ1n) is 7.71. The maximum atomic E-state index is 3.65. The van der Waals surface area contributed by atoms with Gasteiger partial charge in [-0.3, -0.25) is 0 Å². The van der Waals surface area contributed by atoms with Gasteiger partial charge in [0.05, 0.1) is 0 Å². The Kier molecular flexibility index (Phi) is 5.67. The molecule has 0 aliphatic heterocycles. The molecule has 0 heterocycles. The number of hydrogen-bond acceptors (Lipinski definition) is 1. The molecule has 0 radical (unpaired) electrons. The van der Waals surface area contributed by atoms with Gasteiger partial charge < -0.3 is 5.32 Å². The lowest BCUT2D eigenvalue weighted by Gasteiger charge is -2.18. The first-order valence-corrected chi connectivity index (χ1v) is 7.71. The molecule has 2 rings (SSSR count). The Balaban J connectivity index is 1.95. The maximum Gasteiger partial charge on any atom is 0.0342 e. The second kappa shape index (κ2) is 7.74. The van der Waals surface area contributed by atoms with Gasteiger partial charge in [0, 0.05) is 11.7 Å². The second-order valence-corrected chi connectivity index (χ2v) is 5.39. The molecule has 0 saturated heterocycles. The van der Waals surface area contributed by atoms with Crippen LogP contribution in [0.15, 0.2) is 54.6 Å². The van der Waals surface area contributed by atoms with Crippen LogP contribution >= 0.6 is 0 Å². The van der Waals surface area contributed by atoms with Crippen LogP contribution < -0.4 is 5.32 Å². The summed E-state index contributed by atoms with van der Waals surface area (Å²) in [5.41, 5.74) is 4.05. The third-order valence-electron chi connectivity index (χ3n) is 3.68. The third kappa shape index (κ3) is 4.41. The van der Waals surface area contributed by atoms with Crippen LogP contribution in [0.5, 0.6) is 0 Å². The molecule has 0 fully saturated rings. The highest BCUT2D eigenvalue weighted by atomic mass is 14.9. The van der Waals surface area contributed by atoms with Crippen molar-refractivity contribution in [1.29, 1.82) is 0 Å². The Morgan fingerprint density at radius 3 is 2.15 bits per heavy atom. The topological polar surface area (TPSA) is 12.0 Å². The summed E-state index contributed by atoms with van der Waals surface area (Å²) in [7, 11) is 0. The highest BCUT2D eigenvalue weighted by Gasteiger charge is 2.07. The third-order valence-corrected chi connectivity index (χ3v) is 3.68. The summed E-state index contributed by atoms with van der Waals surface area (Å²) < 4.78 is 0. The number of aryl methyl sites for hydroxylation is 1. The summed E-state index contributed by atoms with van der Waals surface area (Å²) in [6.07, 6.45) is 4.58. The molecule has 0 amide bonds. The van der Waals surface area contributed by atoms with E-state index >= 15 is 0 Å². The van der Waals surface area contributed by atoms with Crippen LogP contribution in [0.4, 0.5) is 5.69 Å². The first kappa shape index (κ1) is 14.6. The number of rotatable bonds is 7. The minimum absolute atomic E-state index is 0.495. The van der Waals surface area contributed by atoms with Crippen LogP contribution in [-0.4, -0.2) is 6.04 Å². The van der Waals surface area contributed by atoms with Gasteiger partial charge in [0.1, 0.15) is 0 Å². The number of benzene rings is 2. The van der Waals surface area contributed by atoms with Gasteiger partial charge in [0.2, 0.25) is 0 Å². The van der Waals surface area contributed by atoms with Crippen LogP contribution in [0.3, 0.4) is 0 Å². The van der Waals surface area contributed by atoms with Crippen molar-refractivity contribution in [3.8, 4) is 0 Å². The van der Waals surface area contributed by atoms with E-state index < -0.39 is 0 Å². The SMILES string of the molecule is CCCc1ccc(NC(CC)Cc2ccccc2)cc1. The van der Waals surface area contributed by atoms with Gasteiger partial charge >= 0.3 is 0 Å². The van der Waals surface area contributed by atoms with Crippen molar-refractivity contribution in [2.24, 2.45) is 0 Å². The van der Waals surface area contributed by atoms with Gasteiger partial charge in [-0.25, -0.2) is 0 Å². The normalized spacial score (nSPS) is 12.1. The molecular formula is C19H25N. The fourth-order valence-electron chi connectivity index (χ4n) is 2.49. The van der Waals surface area contributed by atoms with Crippen molar-refractivity contribution >= 4 is 5.69 Å². The van der Waals surface area contributed by atoms with E-state index in [-0.39, 0.29) is 0 Å². The van der Waals surface area contributed by atoms with Gasteiger partial charge in [-0.15, -0.1) is 0 Å². The lowest BCUT2D eigenvalue weighted by Crippen LogP contribution is -2.21. The zero-order valence-corrected chi connectivity index (χ0v) is 12.6. The van der Waals surface area contributed by atoms with Crippen LogP contribution in [0.2, 0.25) is 0 Å². The fourth-order valence-corrected chi connectivity index (χ4v) is 2.49. The second-order valence-electron chi connectivity index (χ2n) is 5.39. The van der Waals surface area contributed by atoms with Gasteiger partial charge in [0.25, 0.3) is 0 Å². The Hall–Kier alpha value is -1.76. The molecule has 2 aromatic rings. The number of nitrogens with one attached hydrogen (secondary N) is 1. The summed E-state index contributed by atoms with van der Waals surface area (Å²) in [5.74, 6) is 0. The quantitative estimate of drug-likeness (QED) is 0.738. The minimum atomic E-state index is 0.495. The summed E-state index contributed by atoms with van der Waals surface area (Å²) in [6.45, 7) is 4.46. The monoisotopic (exact) mass is 267 g/mol. The predicted octanol–water partition coefficient (Wildman–Crippen LogP) is 5.07. The van der Waals surface area contributed by atoms with E-state index in [0.717, 1.165) is 12.8 Å². The van der Waals surface area contributed by atoms with Crippen LogP contribution in [0.1, 0.15) is 37.8 Å². The summed E-state index contributed by atoms with van der Waals surface area (Å²) in [6, 6.07) is 20.1. The van der Waals surface area contributed by atoms with E-state index in [1.807, 2.05) is 0 Å². The zero-order valence-electron chi connectivity index (χ0n) is 12.6. The van der Waals surface area contributed by atoms with Crippen LogP contribution in [0, 0.1) is 0 Å². The molecule has 106 valence electrons. The average molecular weight is 267 g/mol. The van der Waals surface area contributed by atoms with Crippen molar-refractivity contribution in [1.82, 2.24) is 0 Å². The molecule has 1 heteroatoms. The van der Waals surface area contributed by atoms with E-state index in [0.29, 0.717) is 6.04 Å². The fraction of sp³-hybridized carbons (Fsp3) is 0.368. The molecule has 1 atom stereocenters. The zero-order chi connectivity index (χ0) is 14.2. The Morgan fingerprint density at radius 1 is 0.850 bits per heavy atom. The molecule has 0 aromatic heterocycles. The van der Waals surface area contributed by atoms with Gasteiger partial charge in [0.15, 0.2) is 0 Å². The molecular weight excluding hydrogens is 242 g/mol. The van der Waals surface area contributed by atoms with E-state index in [1.54, 1.807) is 0 Å². The standard InChI is InChI=1S/C19H25N/c1-3-8-16-11-13-19(14-12-16)20-18(4-2)15-17-9-6-5-7-10-17/h5-7,9-14,18,20H,3-4,8,15H2,1-2H3. The van der Waals surface area contributed by atoms with Crippen LogP contribution in [0.25, 0.3) is 0 Å². The Morgan fingerprint density at radius 2 is 1.55 bits per heavy atom. The maximum absolute atomic E-state index is 3.65. The summed E-state index contributed by atoms with van der Waals surface area (Å²) in [5, 5.41) is 3.65. The van der Waals surface area contributed by atoms with Crippen molar-refractivity contribution in [3.05, 3.63) is 65.7 Å². The molecule has 0 bridgehead atoms. The van der Waals surface area contributed by atoms with Gasteiger partial charge in [-0.2, -0.15) is 0 Å². The lowest BCUT2D eigenvalue weighted by atomic mass is 10.0. The molecule has 0 spiro atoms. The lowest BCUT2D eigenvalue weighted by molar-refractivity contribution is 0.690. The molecule has 0 aliphatic rings. The smallest absolute Gasteiger partial charge is 0.0342 e. The largest absolute Gasteiger partial charge is 0.382 e. The highest BCUT2D eigenvalue weighted by molar-refractivity contribution is 5.45. The molecule has 1 nitrogen and oxygen atoms in total. The molecule has 2 aromatic carbocycles. The Bertz CT molecular complexity index is 487. The average Bonchev–Trinajstić information content (AvgIpc) is 2.50. The van der Waals surface area contributed by atoms with E-state index in [1.165, 1.54) is 29.7 Å². The number of hydrogen-bond donors (Lipinski definition) is 1. The first-order chi connectivity index (χ1) is 9.81. The highest BCUT2D eigenvalue weighted by Crippen LogP contribution is 2.15. The predicted molar refractivity (Wildman–Crippen MR) is 88.3 cm³/mol. The minimum Gasteiger partial charge on any atom is -0.382 e. The van der Waals surface area contributed by atoms with Crippen LogP contribution in [-0.2, 0) is 12.8 Å². The number of anilines is 1. The molecule has 1 N–H and O–H groups in total. The van der Waals surface area contributed by atoms with Crippen molar-refractivity contribution in [2.45, 2.75) is 45.6 Å². The Labute approximate surface area is 123 Å².